The highest BCUT2D eigenvalue weighted by atomic mass is 16.7. The molecule has 0 aliphatic carbocycles. The third-order valence-electron chi connectivity index (χ3n) is 4.33. The Balaban J connectivity index is 1.78. The number of fused-ring (bicyclic) bond motifs is 1. The summed E-state index contributed by atoms with van der Waals surface area (Å²) < 4.78 is 0. The number of benzene rings is 2. The Morgan fingerprint density at radius 2 is 1.88 bits per heavy atom. The van der Waals surface area contributed by atoms with Gasteiger partial charge in [-0.1, -0.05) is 29.8 Å². The second-order valence-electron chi connectivity index (χ2n) is 6.01. The first-order valence-corrected chi connectivity index (χ1v) is 7.83. The maximum absolute atomic E-state index is 12.9. The topological polar surface area (TPSA) is 102 Å². The summed E-state index contributed by atoms with van der Waals surface area (Å²) in [4.78, 5) is 42.3. The van der Waals surface area contributed by atoms with Crippen LogP contribution in [-0.4, -0.2) is 22.8 Å². The van der Waals surface area contributed by atoms with Gasteiger partial charge in [0.05, 0.1) is 21.9 Å². The van der Waals surface area contributed by atoms with Crippen LogP contribution in [0.5, 0.6) is 0 Å². The van der Waals surface area contributed by atoms with Gasteiger partial charge in [-0.05, 0) is 19.1 Å². The average Bonchev–Trinajstić information content (AvgIpc) is 3.17. The largest absolute Gasteiger partial charge is 0.270 e. The van der Waals surface area contributed by atoms with Crippen molar-refractivity contribution in [2.24, 2.45) is 0 Å². The Labute approximate surface area is 147 Å². The maximum Gasteiger partial charge on any atom is 0.270 e. The summed E-state index contributed by atoms with van der Waals surface area (Å²) in [5.41, 5.74) is 4.73. The molecule has 1 fully saturated rings. The number of aryl methyl sites for hydroxylation is 1. The fourth-order valence-electron chi connectivity index (χ4n) is 3.02. The Morgan fingerprint density at radius 3 is 2.58 bits per heavy atom. The van der Waals surface area contributed by atoms with Gasteiger partial charge in [-0.2, -0.15) is 0 Å². The van der Waals surface area contributed by atoms with Crippen molar-refractivity contribution in [2.75, 3.05) is 4.90 Å². The van der Waals surface area contributed by atoms with E-state index in [1.54, 1.807) is 30.3 Å². The number of nitro groups is 1. The van der Waals surface area contributed by atoms with E-state index >= 15 is 0 Å². The molecule has 0 spiro atoms. The third-order valence-corrected chi connectivity index (χ3v) is 4.33. The van der Waals surface area contributed by atoms with Crippen molar-refractivity contribution in [1.29, 1.82) is 0 Å². The van der Waals surface area contributed by atoms with Crippen molar-refractivity contribution in [3.05, 3.63) is 75.3 Å². The molecule has 26 heavy (non-hydrogen) atoms. The summed E-state index contributed by atoms with van der Waals surface area (Å²) in [5.74, 6) is -1.00. The number of hydrogen-bond acceptors (Lipinski definition) is 6. The first kappa shape index (κ1) is 16.0. The Morgan fingerprint density at radius 1 is 1.15 bits per heavy atom. The summed E-state index contributed by atoms with van der Waals surface area (Å²) >= 11 is 0. The molecule has 1 N–H and O–H groups in total. The van der Waals surface area contributed by atoms with Crippen molar-refractivity contribution in [3.8, 4) is 0 Å². The van der Waals surface area contributed by atoms with Gasteiger partial charge >= 0.3 is 0 Å². The van der Waals surface area contributed by atoms with Gasteiger partial charge in [-0.25, -0.2) is 4.90 Å². The number of imide groups is 1. The van der Waals surface area contributed by atoms with Gasteiger partial charge < -0.3 is 0 Å². The Kier molecular flexibility index (Phi) is 3.55. The fraction of sp³-hybridized carbons (Fsp3) is 0.111. The fourth-order valence-corrected chi connectivity index (χ4v) is 3.02. The SMILES string of the molecule is Cc1ccc(N2C(=O)C3=C(c4cccc([N+](=O)[O-])c4)NO[C@H]3C2=O)cc1. The number of carbonyl (C=O) groups is 2. The third kappa shape index (κ3) is 2.35. The van der Waals surface area contributed by atoms with Gasteiger partial charge in [0.1, 0.15) is 0 Å². The summed E-state index contributed by atoms with van der Waals surface area (Å²) in [6.07, 6.45) is -1.07. The quantitative estimate of drug-likeness (QED) is 0.516. The minimum absolute atomic E-state index is 0.118. The first-order valence-electron chi connectivity index (χ1n) is 7.83. The van der Waals surface area contributed by atoms with E-state index in [1.807, 2.05) is 6.92 Å². The molecule has 0 bridgehead atoms. The number of hydroxylamine groups is 1. The second kappa shape index (κ2) is 5.78. The van der Waals surface area contributed by atoms with E-state index in [0.29, 0.717) is 11.3 Å². The standard InChI is InChI=1S/C18H13N3O5/c1-10-5-7-12(8-6-10)20-17(22)14-15(19-26-16(14)18(20)23)11-3-2-4-13(9-11)21(24)25/h2-9,16,19H,1H3/t16-/m1/s1. The van der Waals surface area contributed by atoms with Crippen LogP contribution in [0.2, 0.25) is 0 Å². The van der Waals surface area contributed by atoms with Gasteiger partial charge in [0, 0.05) is 17.7 Å². The second-order valence-corrected chi connectivity index (χ2v) is 6.01. The zero-order chi connectivity index (χ0) is 18.4. The molecule has 4 rings (SSSR count). The zero-order valence-corrected chi connectivity index (χ0v) is 13.6. The molecular formula is C18H13N3O5. The van der Waals surface area contributed by atoms with Crippen molar-refractivity contribution >= 4 is 28.9 Å². The van der Waals surface area contributed by atoms with E-state index in [9.17, 15) is 19.7 Å². The van der Waals surface area contributed by atoms with Crippen molar-refractivity contribution in [3.63, 3.8) is 0 Å². The van der Waals surface area contributed by atoms with Crippen LogP contribution < -0.4 is 10.4 Å². The molecule has 2 aliphatic heterocycles. The lowest BCUT2D eigenvalue weighted by Gasteiger charge is -2.15. The number of anilines is 1. The molecule has 1 atom stereocenters. The molecule has 1 saturated heterocycles. The number of amides is 2. The van der Waals surface area contributed by atoms with Crippen LogP contribution in [0.3, 0.4) is 0 Å². The molecule has 2 aromatic rings. The lowest BCUT2D eigenvalue weighted by atomic mass is 10.0. The van der Waals surface area contributed by atoms with Gasteiger partial charge in [0.15, 0.2) is 6.10 Å². The highest BCUT2D eigenvalue weighted by Crippen LogP contribution is 2.36. The van der Waals surface area contributed by atoms with Crippen LogP contribution in [0.15, 0.2) is 54.1 Å². The van der Waals surface area contributed by atoms with E-state index in [4.69, 9.17) is 4.84 Å². The van der Waals surface area contributed by atoms with E-state index in [1.165, 1.54) is 18.2 Å². The molecule has 0 aromatic heterocycles. The lowest BCUT2D eigenvalue weighted by molar-refractivity contribution is -0.384. The number of carbonyl (C=O) groups excluding carboxylic acids is 2. The molecule has 8 nitrogen and oxygen atoms in total. The molecule has 2 aliphatic rings. The zero-order valence-electron chi connectivity index (χ0n) is 13.6. The molecule has 0 saturated carbocycles. The smallest absolute Gasteiger partial charge is 0.270 e. The van der Waals surface area contributed by atoms with E-state index < -0.39 is 22.8 Å². The predicted octanol–water partition coefficient (Wildman–Crippen LogP) is 2.09. The van der Waals surface area contributed by atoms with Gasteiger partial charge in [0.2, 0.25) is 0 Å². The number of nitrogens with one attached hydrogen (secondary N) is 1. The van der Waals surface area contributed by atoms with Crippen LogP contribution in [0.4, 0.5) is 11.4 Å². The van der Waals surface area contributed by atoms with Gasteiger partial charge in [-0.15, -0.1) is 0 Å². The molecule has 2 amide bonds. The highest BCUT2D eigenvalue weighted by Gasteiger charge is 2.50. The monoisotopic (exact) mass is 351 g/mol. The Hall–Kier alpha value is -3.52. The summed E-state index contributed by atoms with van der Waals surface area (Å²) in [5, 5.41) is 11.0. The van der Waals surface area contributed by atoms with E-state index in [-0.39, 0.29) is 17.0 Å². The van der Waals surface area contributed by atoms with Gasteiger partial charge in [0.25, 0.3) is 17.5 Å². The maximum atomic E-state index is 12.9. The minimum atomic E-state index is -1.07. The molecule has 8 heteroatoms. The normalized spacial score (nSPS) is 19.0. The van der Waals surface area contributed by atoms with Crippen molar-refractivity contribution < 1.29 is 19.3 Å². The first-order chi connectivity index (χ1) is 12.5. The summed E-state index contributed by atoms with van der Waals surface area (Å²) in [6.45, 7) is 1.90. The van der Waals surface area contributed by atoms with Crippen LogP contribution >= 0.6 is 0 Å². The molecule has 0 unspecified atom stereocenters. The van der Waals surface area contributed by atoms with Crippen molar-refractivity contribution in [1.82, 2.24) is 5.48 Å². The summed E-state index contributed by atoms with van der Waals surface area (Å²) in [7, 11) is 0. The lowest BCUT2D eigenvalue weighted by Crippen LogP contribution is -2.34. The molecule has 2 aromatic carbocycles. The van der Waals surface area contributed by atoms with Crippen LogP contribution in [0, 0.1) is 17.0 Å². The molecule has 130 valence electrons. The molecule has 2 heterocycles. The van der Waals surface area contributed by atoms with E-state index in [2.05, 4.69) is 5.48 Å². The van der Waals surface area contributed by atoms with Crippen LogP contribution in [-0.2, 0) is 14.4 Å². The van der Waals surface area contributed by atoms with Crippen LogP contribution in [0.25, 0.3) is 5.70 Å². The Bertz CT molecular complexity index is 981. The number of non-ortho nitro benzene ring substituents is 1. The number of rotatable bonds is 3. The molecule has 0 radical (unpaired) electrons. The van der Waals surface area contributed by atoms with Crippen molar-refractivity contribution in [2.45, 2.75) is 13.0 Å². The summed E-state index contributed by atoms with van der Waals surface area (Å²) in [6, 6.07) is 12.8. The average molecular weight is 351 g/mol. The number of hydrogen-bond donors (Lipinski definition) is 1. The van der Waals surface area contributed by atoms with Crippen LogP contribution in [0.1, 0.15) is 11.1 Å². The predicted molar refractivity (Wildman–Crippen MR) is 91.7 cm³/mol. The number of nitrogens with zero attached hydrogens (tertiary/aromatic N) is 2. The molecular weight excluding hydrogens is 338 g/mol. The van der Waals surface area contributed by atoms with Gasteiger partial charge in [-0.3, -0.25) is 30.0 Å². The number of nitro benzene ring substituents is 1. The highest BCUT2D eigenvalue weighted by molar-refractivity contribution is 6.33. The van der Waals surface area contributed by atoms with E-state index in [0.717, 1.165) is 10.5 Å². The minimum Gasteiger partial charge on any atom is -0.270 e.